The number of rotatable bonds is 2. The van der Waals surface area contributed by atoms with Gasteiger partial charge in [0.15, 0.2) is 0 Å². The Bertz CT molecular complexity index is 467. The van der Waals surface area contributed by atoms with E-state index < -0.39 is 0 Å². The van der Waals surface area contributed by atoms with Crippen molar-refractivity contribution in [2.75, 3.05) is 0 Å². The zero-order chi connectivity index (χ0) is 12.4. The molecule has 3 nitrogen and oxygen atoms in total. The minimum atomic E-state index is 0.462. The van der Waals surface area contributed by atoms with E-state index in [0.29, 0.717) is 11.0 Å². The van der Waals surface area contributed by atoms with Crippen molar-refractivity contribution in [3.05, 3.63) is 40.4 Å². The van der Waals surface area contributed by atoms with Crippen LogP contribution in [-0.2, 0) is 0 Å². The first-order valence-electron chi connectivity index (χ1n) is 5.17. The number of nitrogens with zero attached hydrogens (tertiary/aromatic N) is 3. The number of aromatic nitrogens is 3. The van der Waals surface area contributed by atoms with Crippen molar-refractivity contribution in [3.63, 3.8) is 0 Å². The second-order valence-corrected chi connectivity index (χ2v) is 5.23. The van der Waals surface area contributed by atoms with E-state index in [9.17, 15) is 0 Å². The van der Waals surface area contributed by atoms with E-state index >= 15 is 0 Å². The highest BCUT2D eigenvalue weighted by Crippen LogP contribution is 2.26. The predicted octanol–water partition coefficient (Wildman–Crippen LogP) is 3.60. The molecule has 5 heteroatoms. The molecule has 0 spiro atoms. The van der Waals surface area contributed by atoms with Crippen LogP contribution in [0.5, 0.6) is 0 Å². The second-order valence-electron chi connectivity index (χ2n) is 3.80. The minimum absolute atomic E-state index is 0.462. The lowest BCUT2D eigenvalue weighted by molar-refractivity contribution is 0.961. The molecule has 0 aliphatic carbocycles. The molecule has 0 unspecified atom stereocenters. The van der Waals surface area contributed by atoms with E-state index in [4.69, 9.17) is 11.6 Å². The first-order chi connectivity index (χ1) is 8.02. The molecule has 0 atom stereocenters. The van der Waals surface area contributed by atoms with Crippen molar-refractivity contribution in [1.29, 1.82) is 0 Å². The Morgan fingerprint density at radius 1 is 0.941 bits per heavy atom. The lowest BCUT2D eigenvalue weighted by Gasteiger charge is -2.04. The summed E-state index contributed by atoms with van der Waals surface area (Å²) in [6, 6.07) is 5.82. The van der Waals surface area contributed by atoms with Gasteiger partial charge in [-0.1, -0.05) is 11.6 Å². The first-order valence-corrected chi connectivity index (χ1v) is 6.37. The van der Waals surface area contributed by atoms with Crippen LogP contribution >= 0.6 is 23.4 Å². The molecule has 2 heterocycles. The SMILES string of the molecule is Cc1cc(C)nc(Sc2cc(Cl)nc(C)n2)c1. The number of pyridine rings is 1. The summed E-state index contributed by atoms with van der Waals surface area (Å²) in [7, 11) is 0. The van der Waals surface area contributed by atoms with Gasteiger partial charge in [0.05, 0.1) is 0 Å². The van der Waals surface area contributed by atoms with Crippen molar-refractivity contribution in [3.8, 4) is 0 Å². The Labute approximate surface area is 110 Å². The van der Waals surface area contributed by atoms with Crippen LogP contribution < -0.4 is 0 Å². The lowest BCUT2D eigenvalue weighted by Crippen LogP contribution is -1.92. The van der Waals surface area contributed by atoms with Crippen LogP contribution in [0.15, 0.2) is 28.3 Å². The van der Waals surface area contributed by atoms with Crippen molar-refractivity contribution < 1.29 is 0 Å². The van der Waals surface area contributed by atoms with Gasteiger partial charge < -0.3 is 0 Å². The molecule has 0 N–H and O–H groups in total. The molecule has 0 fully saturated rings. The van der Waals surface area contributed by atoms with Crippen molar-refractivity contribution in [1.82, 2.24) is 15.0 Å². The van der Waals surface area contributed by atoms with E-state index in [-0.39, 0.29) is 0 Å². The van der Waals surface area contributed by atoms with Gasteiger partial charge in [-0.05, 0) is 50.2 Å². The monoisotopic (exact) mass is 265 g/mol. The minimum Gasteiger partial charge on any atom is -0.246 e. The summed E-state index contributed by atoms with van der Waals surface area (Å²) in [5, 5.41) is 2.21. The van der Waals surface area contributed by atoms with E-state index in [1.807, 2.05) is 26.0 Å². The van der Waals surface area contributed by atoms with Crippen LogP contribution in [0.25, 0.3) is 0 Å². The van der Waals surface area contributed by atoms with Gasteiger partial charge in [-0.15, -0.1) is 0 Å². The molecule has 0 amide bonds. The molecule has 0 bridgehead atoms. The van der Waals surface area contributed by atoms with Crippen LogP contribution in [0.2, 0.25) is 5.15 Å². The Morgan fingerprint density at radius 2 is 1.65 bits per heavy atom. The Kier molecular flexibility index (Phi) is 3.64. The van der Waals surface area contributed by atoms with E-state index in [1.54, 1.807) is 6.07 Å². The van der Waals surface area contributed by atoms with Gasteiger partial charge in [0.1, 0.15) is 21.0 Å². The fourth-order valence-electron chi connectivity index (χ4n) is 1.52. The third kappa shape index (κ3) is 3.41. The summed E-state index contributed by atoms with van der Waals surface area (Å²) in [4.78, 5) is 12.8. The molecule has 2 aromatic rings. The summed E-state index contributed by atoms with van der Waals surface area (Å²) in [6.45, 7) is 5.86. The average molecular weight is 266 g/mol. The van der Waals surface area contributed by atoms with Gasteiger partial charge in [0.25, 0.3) is 0 Å². The molecular weight excluding hydrogens is 254 g/mol. The predicted molar refractivity (Wildman–Crippen MR) is 69.6 cm³/mol. The largest absolute Gasteiger partial charge is 0.246 e. The average Bonchev–Trinajstić information content (AvgIpc) is 2.13. The van der Waals surface area contributed by atoms with Gasteiger partial charge in [0, 0.05) is 11.8 Å². The van der Waals surface area contributed by atoms with Gasteiger partial charge in [-0.2, -0.15) is 0 Å². The maximum Gasteiger partial charge on any atom is 0.133 e. The Balaban J connectivity index is 2.31. The summed E-state index contributed by atoms with van der Waals surface area (Å²) < 4.78 is 0. The molecule has 0 aliphatic heterocycles. The highest BCUT2D eigenvalue weighted by Gasteiger charge is 2.04. The van der Waals surface area contributed by atoms with Crippen LogP contribution in [-0.4, -0.2) is 15.0 Å². The second kappa shape index (κ2) is 5.02. The lowest BCUT2D eigenvalue weighted by atomic mass is 10.3. The number of hydrogen-bond acceptors (Lipinski definition) is 4. The van der Waals surface area contributed by atoms with E-state index in [0.717, 1.165) is 15.7 Å². The Hall–Kier alpha value is -1.13. The molecule has 88 valence electrons. The molecule has 2 aromatic heterocycles. The molecule has 0 saturated heterocycles. The molecule has 2 rings (SSSR count). The van der Waals surface area contributed by atoms with Gasteiger partial charge in [-0.25, -0.2) is 15.0 Å². The third-order valence-corrected chi connectivity index (χ3v) is 3.10. The molecule has 0 aromatic carbocycles. The smallest absolute Gasteiger partial charge is 0.133 e. The molecule has 0 aliphatic rings. The maximum absolute atomic E-state index is 5.89. The van der Waals surface area contributed by atoms with Crippen molar-refractivity contribution in [2.45, 2.75) is 30.8 Å². The van der Waals surface area contributed by atoms with Crippen molar-refractivity contribution in [2.24, 2.45) is 0 Å². The van der Waals surface area contributed by atoms with Gasteiger partial charge >= 0.3 is 0 Å². The Morgan fingerprint density at radius 3 is 2.29 bits per heavy atom. The first kappa shape index (κ1) is 12.3. The highest BCUT2D eigenvalue weighted by molar-refractivity contribution is 7.99. The zero-order valence-electron chi connectivity index (χ0n) is 9.86. The number of hydrogen-bond donors (Lipinski definition) is 0. The molecule has 17 heavy (non-hydrogen) atoms. The fraction of sp³-hybridized carbons (Fsp3) is 0.250. The zero-order valence-corrected chi connectivity index (χ0v) is 11.4. The highest BCUT2D eigenvalue weighted by atomic mass is 35.5. The molecule has 0 radical (unpaired) electrons. The fourth-order valence-corrected chi connectivity index (χ4v) is 2.81. The van der Waals surface area contributed by atoms with Crippen molar-refractivity contribution >= 4 is 23.4 Å². The molecule has 0 saturated carbocycles. The standard InChI is InChI=1S/C12H12ClN3S/c1-7-4-8(2)14-11(5-7)17-12-6-10(13)15-9(3)16-12/h4-6H,1-3H3. The summed E-state index contributed by atoms with van der Waals surface area (Å²) in [5.74, 6) is 0.671. The summed E-state index contributed by atoms with van der Waals surface area (Å²) >= 11 is 7.39. The van der Waals surface area contributed by atoms with E-state index in [2.05, 4.69) is 21.9 Å². The topological polar surface area (TPSA) is 38.7 Å². The quantitative estimate of drug-likeness (QED) is 0.778. The van der Waals surface area contributed by atoms with Crippen LogP contribution in [0.4, 0.5) is 0 Å². The van der Waals surface area contributed by atoms with E-state index in [1.165, 1.54) is 17.3 Å². The van der Waals surface area contributed by atoms with Crippen LogP contribution in [0, 0.1) is 20.8 Å². The van der Waals surface area contributed by atoms with Gasteiger partial charge in [-0.3, -0.25) is 0 Å². The normalized spacial score (nSPS) is 10.6. The maximum atomic E-state index is 5.89. The molecular formula is C12H12ClN3S. The van der Waals surface area contributed by atoms with Gasteiger partial charge in [0.2, 0.25) is 0 Å². The number of aryl methyl sites for hydroxylation is 3. The summed E-state index contributed by atoms with van der Waals surface area (Å²) in [6.07, 6.45) is 0. The number of halogens is 1. The van der Waals surface area contributed by atoms with Crippen LogP contribution in [0.3, 0.4) is 0 Å². The summed E-state index contributed by atoms with van der Waals surface area (Å²) in [5.41, 5.74) is 2.20. The van der Waals surface area contributed by atoms with Crippen LogP contribution in [0.1, 0.15) is 17.1 Å². The third-order valence-electron chi connectivity index (χ3n) is 2.07.